The molecule has 5 nitrogen and oxygen atoms in total. The summed E-state index contributed by atoms with van der Waals surface area (Å²) < 4.78 is 40.6. The van der Waals surface area contributed by atoms with Gasteiger partial charge in [-0.3, -0.25) is 4.79 Å². The molecule has 1 aromatic carbocycles. The molecule has 0 atom stereocenters. The van der Waals surface area contributed by atoms with Crippen LogP contribution in [0.25, 0.3) is 10.2 Å². The molecule has 0 bridgehead atoms. The summed E-state index contributed by atoms with van der Waals surface area (Å²) in [5, 5.41) is 5.54. The molecule has 0 radical (unpaired) electrons. The van der Waals surface area contributed by atoms with Crippen molar-refractivity contribution < 1.29 is 22.7 Å². The third-order valence-electron chi connectivity index (χ3n) is 2.18. The number of alkyl halides is 3. The third-order valence-corrected chi connectivity index (χ3v) is 3.11. The van der Waals surface area contributed by atoms with Crippen molar-refractivity contribution in [3.63, 3.8) is 0 Å². The molecule has 22 heavy (non-hydrogen) atoms. The SMILES string of the molecule is CNCC(=O)Nc1nc2ccc(OC(F)(F)F)cc2s1.Cl.Cl. The van der Waals surface area contributed by atoms with Gasteiger partial charge in [-0.1, -0.05) is 11.3 Å². The summed E-state index contributed by atoms with van der Waals surface area (Å²) in [4.78, 5) is 15.5. The molecule has 0 saturated heterocycles. The van der Waals surface area contributed by atoms with Crippen LogP contribution in [0.2, 0.25) is 0 Å². The number of hydrogen-bond donors (Lipinski definition) is 2. The molecule has 0 saturated carbocycles. The lowest BCUT2D eigenvalue weighted by Gasteiger charge is -2.07. The lowest BCUT2D eigenvalue weighted by atomic mass is 10.3. The first-order chi connectivity index (χ1) is 9.37. The summed E-state index contributed by atoms with van der Waals surface area (Å²) in [6.07, 6.45) is -4.73. The highest BCUT2D eigenvalue weighted by molar-refractivity contribution is 7.22. The van der Waals surface area contributed by atoms with Crippen LogP contribution in [-0.4, -0.2) is 30.8 Å². The second-order valence-electron chi connectivity index (χ2n) is 3.77. The number of thiazole rings is 1. The van der Waals surface area contributed by atoms with E-state index in [1.165, 1.54) is 18.2 Å². The molecular weight excluding hydrogens is 366 g/mol. The molecule has 0 unspecified atom stereocenters. The van der Waals surface area contributed by atoms with E-state index in [1.807, 2.05) is 0 Å². The Hall–Kier alpha value is -1.29. The van der Waals surface area contributed by atoms with Crippen LogP contribution in [0.1, 0.15) is 0 Å². The molecule has 2 aromatic rings. The van der Waals surface area contributed by atoms with Crippen molar-refractivity contribution in [2.75, 3.05) is 18.9 Å². The Morgan fingerprint density at radius 3 is 2.64 bits per heavy atom. The number of carbonyl (C=O) groups excluding carboxylic acids is 1. The molecule has 0 aliphatic heterocycles. The van der Waals surface area contributed by atoms with Gasteiger partial charge in [0.05, 0.1) is 16.8 Å². The average Bonchev–Trinajstić information content (AvgIpc) is 2.68. The van der Waals surface area contributed by atoms with E-state index in [1.54, 1.807) is 7.05 Å². The van der Waals surface area contributed by atoms with E-state index in [2.05, 4.69) is 20.4 Å². The minimum absolute atomic E-state index is 0. The number of aromatic nitrogens is 1. The molecule has 0 spiro atoms. The van der Waals surface area contributed by atoms with Crippen molar-refractivity contribution in [1.82, 2.24) is 10.3 Å². The van der Waals surface area contributed by atoms with Gasteiger partial charge in [-0.15, -0.1) is 38.0 Å². The summed E-state index contributed by atoms with van der Waals surface area (Å²) in [6.45, 7) is 0.123. The fourth-order valence-corrected chi connectivity index (χ4v) is 2.39. The number of nitrogens with zero attached hydrogens (tertiary/aromatic N) is 1. The Morgan fingerprint density at radius 1 is 1.36 bits per heavy atom. The molecule has 1 heterocycles. The highest BCUT2D eigenvalue weighted by Crippen LogP contribution is 2.31. The van der Waals surface area contributed by atoms with Crippen LogP contribution >= 0.6 is 36.2 Å². The van der Waals surface area contributed by atoms with Crippen molar-refractivity contribution in [3.8, 4) is 5.75 Å². The zero-order chi connectivity index (χ0) is 14.8. The smallest absolute Gasteiger partial charge is 0.406 e. The molecule has 2 N–H and O–H groups in total. The lowest BCUT2D eigenvalue weighted by molar-refractivity contribution is -0.274. The average molecular weight is 378 g/mol. The minimum atomic E-state index is -4.73. The Bertz CT molecular complexity index is 637. The fourth-order valence-electron chi connectivity index (χ4n) is 1.48. The van der Waals surface area contributed by atoms with Gasteiger partial charge in [0.25, 0.3) is 0 Å². The van der Waals surface area contributed by atoms with E-state index in [4.69, 9.17) is 0 Å². The number of nitrogens with one attached hydrogen (secondary N) is 2. The normalized spacial score (nSPS) is 10.5. The second kappa shape index (κ2) is 8.37. The number of likely N-dealkylation sites (N-methyl/N-ethyl adjacent to an activating group) is 1. The fraction of sp³-hybridized carbons (Fsp3) is 0.273. The van der Waals surface area contributed by atoms with E-state index in [-0.39, 0.29) is 43.0 Å². The predicted molar refractivity (Wildman–Crippen MR) is 83.4 cm³/mol. The summed E-state index contributed by atoms with van der Waals surface area (Å²) >= 11 is 1.07. The summed E-state index contributed by atoms with van der Waals surface area (Å²) in [7, 11) is 1.62. The van der Waals surface area contributed by atoms with Gasteiger partial charge in [-0.25, -0.2) is 4.98 Å². The quantitative estimate of drug-likeness (QED) is 0.858. The van der Waals surface area contributed by atoms with Gasteiger partial charge in [0.15, 0.2) is 5.13 Å². The minimum Gasteiger partial charge on any atom is -0.406 e. The van der Waals surface area contributed by atoms with Gasteiger partial charge in [0.2, 0.25) is 5.91 Å². The highest BCUT2D eigenvalue weighted by atomic mass is 35.5. The number of halogens is 5. The van der Waals surface area contributed by atoms with Crippen LogP contribution in [0.15, 0.2) is 18.2 Å². The van der Waals surface area contributed by atoms with Gasteiger partial charge in [-0.2, -0.15) is 0 Å². The summed E-state index contributed by atoms with van der Waals surface area (Å²) in [5.74, 6) is -0.597. The van der Waals surface area contributed by atoms with Gasteiger partial charge in [0, 0.05) is 6.07 Å². The largest absolute Gasteiger partial charge is 0.573 e. The van der Waals surface area contributed by atoms with E-state index < -0.39 is 6.36 Å². The molecule has 0 aliphatic carbocycles. The van der Waals surface area contributed by atoms with E-state index in [0.29, 0.717) is 15.3 Å². The monoisotopic (exact) mass is 377 g/mol. The number of ether oxygens (including phenoxy) is 1. The number of hydrogen-bond acceptors (Lipinski definition) is 5. The van der Waals surface area contributed by atoms with Crippen molar-refractivity contribution in [1.29, 1.82) is 0 Å². The first-order valence-corrected chi connectivity index (χ1v) is 6.30. The van der Waals surface area contributed by atoms with Crippen LogP contribution in [-0.2, 0) is 4.79 Å². The predicted octanol–water partition coefficient (Wildman–Crippen LogP) is 3.20. The van der Waals surface area contributed by atoms with E-state index in [0.717, 1.165) is 11.3 Å². The van der Waals surface area contributed by atoms with E-state index in [9.17, 15) is 18.0 Å². The van der Waals surface area contributed by atoms with Crippen LogP contribution in [0.3, 0.4) is 0 Å². The topological polar surface area (TPSA) is 63.2 Å². The van der Waals surface area contributed by atoms with Crippen molar-refractivity contribution in [3.05, 3.63) is 18.2 Å². The zero-order valence-electron chi connectivity index (χ0n) is 11.1. The van der Waals surface area contributed by atoms with Gasteiger partial charge >= 0.3 is 6.36 Å². The molecule has 0 fully saturated rings. The Labute approximate surface area is 140 Å². The third kappa shape index (κ3) is 5.84. The molecule has 0 aliphatic rings. The molecule has 1 amide bonds. The second-order valence-corrected chi connectivity index (χ2v) is 4.81. The molecule has 1 aromatic heterocycles. The number of benzene rings is 1. The Morgan fingerprint density at radius 2 is 2.05 bits per heavy atom. The molecular formula is C11H12Cl2F3N3O2S. The van der Waals surface area contributed by atoms with Crippen LogP contribution in [0.4, 0.5) is 18.3 Å². The maximum atomic E-state index is 12.1. The Balaban J connectivity index is 0.00000220. The maximum Gasteiger partial charge on any atom is 0.573 e. The summed E-state index contributed by atoms with van der Waals surface area (Å²) in [6, 6.07) is 3.81. The van der Waals surface area contributed by atoms with Crippen molar-refractivity contribution in [2.24, 2.45) is 0 Å². The maximum absolute atomic E-state index is 12.1. The number of rotatable bonds is 4. The number of fused-ring (bicyclic) bond motifs is 1. The van der Waals surface area contributed by atoms with Gasteiger partial charge < -0.3 is 15.4 Å². The highest BCUT2D eigenvalue weighted by Gasteiger charge is 2.31. The van der Waals surface area contributed by atoms with Crippen molar-refractivity contribution >= 4 is 57.4 Å². The number of amides is 1. The standard InChI is InChI=1S/C11H10F3N3O2S.2ClH/c1-15-5-9(18)17-10-16-7-3-2-6(4-8(7)20-10)19-11(12,13)14;;/h2-4,15H,5H2,1H3,(H,16,17,18);2*1H. The number of anilines is 1. The van der Waals surface area contributed by atoms with Crippen LogP contribution in [0, 0.1) is 0 Å². The van der Waals surface area contributed by atoms with Crippen LogP contribution < -0.4 is 15.4 Å². The Kier molecular flexibility index (Phi) is 7.88. The zero-order valence-corrected chi connectivity index (χ0v) is 13.5. The first kappa shape index (κ1) is 20.7. The summed E-state index contributed by atoms with van der Waals surface area (Å²) in [5.41, 5.74) is 0.490. The first-order valence-electron chi connectivity index (χ1n) is 5.48. The molecule has 11 heteroatoms. The van der Waals surface area contributed by atoms with E-state index >= 15 is 0 Å². The van der Waals surface area contributed by atoms with Gasteiger partial charge in [0.1, 0.15) is 5.75 Å². The molecule has 124 valence electrons. The molecule has 2 rings (SSSR count). The number of carbonyl (C=O) groups is 1. The van der Waals surface area contributed by atoms with Crippen LogP contribution in [0.5, 0.6) is 5.75 Å². The van der Waals surface area contributed by atoms with Crippen molar-refractivity contribution in [2.45, 2.75) is 6.36 Å². The lowest BCUT2D eigenvalue weighted by Crippen LogP contribution is -2.24. The van der Waals surface area contributed by atoms with Gasteiger partial charge in [-0.05, 0) is 19.2 Å².